The number of rotatable bonds is 3. The Hall–Kier alpha value is -1.55. The third kappa shape index (κ3) is 2.81. The van der Waals surface area contributed by atoms with Crippen LogP contribution in [0.3, 0.4) is 0 Å². The second-order valence-corrected chi connectivity index (χ2v) is 7.60. The lowest BCUT2D eigenvalue weighted by atomic mass is 9.80. The number of hydrogen-bond acceptors (Lipinski definition) is 2. The summed E-state index contributed by atoms with van der Waals surface area (Å²) in [4.78, 5) is 15.6. The highest BCUT2D eigenvalue weighted by molar-refractivity contribution is 5.76. The van der Waals surface area contributed by atoms with Gasteiger partial charge in [0.15, 0.2) is 0 Å². The van der Waals surface area contributed by atoms with Crippen LogP contribution >= 0.6 is 0 Å². The highest BCUT2D eigenvalue weighted by Gasteiger charge is 2.32. The van der Waals surface area contributed by atoms with Crippen molar-refractivity contribution in [1.29, 1.82) is 0 Å². The van der Waals surface area contributed by atoms with Crippen LogP contribution in [0.25, 0.3) is 11.0 Å². The molecule has 3 unspecified atom stereocenters. The lowest BCUT2D eigenvalue weighted by Gasteiger charge is -2.42. The molecule has 3 atom stereocenters. The summed E-state index contributed by atoms with van der Waals surface area (Å²) in [6.45, 7) is 8.80. The van der Waals surface area contributed by atoms with Crippen molar-refractivity contribution in [1.82, 2.24) is 14.0 Å². The maximum atomic E-state index is 13.0. The minimum absolute atomic E-state index is 0. The van der Waals surface area contributed by atoms with Gasteiger partial charge in [-0.1, -0.05) is 19.6 Å². The molecule has 24 heavy (non-hydrogen) atoms. The van der Waals surface area contributed by atoms with Crippen LogP contribution in [0.4, 0.5) is 0 Å². The van der Waals surface area contributed by atoms with Gasteiger partial charge in [-0.25, -0.2) is 4.79 Å². The molecule has 0 aliphatic carbocycles. The number of imidazole rings is 1. The minimum Gasteiger partial charge on any atom is -0.303 e. The van der Waals surface area contributed by atoms with E-state index in [4.69, 9.17) is 0 Å². The van der Waals surface area contributed by atoms with Crippen molar-refractivity contribution in [2.24, 2.45) is 11.8 Å². The third-order valence-corrected chi connectivity index (χ3v) is 5.83. The summed E-state index contributed by atoms with van der Waals surface area (Å²) in [5.41, 5.74) is 2.34. The summed E-state index contributed by atoms with van der Waals surface area (Å²) >= 11 is 0. The van der Waals surface area contributed by atoms with E-state index in [1.54, 1.807) is 0 Å². The van der Waals surface area contributed by atoms with Gasteiger partial charge in [0.1, 0.15) is 0 Å². The average molecular weight is 329 g/mol. The average Bonchev–Trinajstić information content (AvgIpc) is 2.83. The molecule has 3 heterocycles. The van der Waals surface area contributed by atoms with E-state index >= 15 is 0 Å². The van der Waals surface area contributed by atoms with E-state index in [0.717, 1.165) is 23.5 Å². The SMILES string of the molecule is C.CC(C)n1c(=O)n(CC2CCN3CCCC2C3)c2ccccc21. The summed E-state index contributed by atoms with van der Waals surface area (Å²) < 4.78 is 4.00. The first-order valence-electron chi connectivity index (χ1n) is 9.07. The van der Waals surface area contributed by atoms with Gasteiger partial charge < -0.3 is 4.90 Å². The maximum Gasteiger partial charge on any atom is 0.329 e. The Morgan fingerprint density at radius 1 is 1.12 bits per heavy atom. The normalized spacial score (nSPS) is 26.5. The number of fused-ring (bicyclic) bond motifs is 3. The lowest BCUT2D eigenvalue weighted by Crippen LogP contribution is -2.46. The molecule has 2 aliphatic rings. The molecule has 4 heteroatoms. The van der Waals surface area contributed by atoms with Crippen molar-refractivity contribution in [2.75, 3.05) is 19.6 Å². The van der Waals surface area contributed by atoms with Gasteiger partial charge in [0.2, 0.25) is 0 Å². The van der Waals surface area contributed by atoms with Crippen molar-refractivity contribution < 1.29 is 0 Å². The number of hydrogen-bond donors (Lipinski definition) is 0. The molecule has 2 aliphatic heterocycles. The Balaban J connectivity index is 0.00000169. The van der Waals surface area contributed by atoms with Gasteiger partial charge in [0, 0.05) is 19.1 Å². The molecule has 1 aromatic carbocycles. The fourth-order valence-corrected chi connectivity index (χ4v) is 4.65. The first kappa shape index (κ1) is 17.3. The molecule has 2 saturated heterocycles. The zero-order chi connectivity index (χ0) is 16.0. The number of benzene rings is 1. The Labute approximate surface area is 145 Å². The van der Waals surface area contributed by atoms with Gasteiger partial charge in [-0.15, -0.1) is 0 Å². The quantitative estimate of drug-likeness (QED) is 0.858. The first-order valence-corrected chi connectivity index (χ1v) is 9.07. The van der Waals surface area contributed by atoms with Crippen LogP contribution in [0.15, 0.2) is 29.1 Å². The predicted molar refractivity (Wildman–Crippen MR) is 101 cm³/mol. The van der Waals surface area contributed by atoms with Crippen LogP contribution < -0.4 is 5.69 Å². The molecular weight excluding hydrogens is 298 g/mol. The summed E-state index contributed by atoms with van der Waals surface area (Å²) in [7, 11) is 0. The summed E-state index contributed by atoms with van der Waals surface area (Å²) in [5.74, 6) is 1.42. The van der Waals surface area contributed by atoms with Gasteiger partial charge >= 0.3 is 5.69 Å². The van der Waals surface area contributed by atoms with E-state index in [9.17, 15) is 4.79 Å². The zero-order valence-corrected chi connectivity index (χ0v) is 14.2. The van der Waals surface area contributed by atoms with Crippen LogP contribution in [0.1, 0.15) is 46.6 Å². The van der Waals surface area contributed by atoms with Gasteiger partial charge in [-0.05, 0) is 70.2 Å². The zero-order valence-electron chi connectivity index (χ0n) is 14.2. The Morgan fingerprint density at radius 3 is 2.62 bits per heavy atom. The van der Waals surface area contributed by atoms with Crippen LogP contribution in [0.5, 0.6) is 0 Å². The molecule has 0 radical (unpaired) electrons. The molecule has 0 saturated carbocycles. The van der Waals surface area contributed by atoms with Crippen molar-refractivity contribution in [3.63, 3.8) is 0 Å². The standard InChI is InChI=1S/C19H27N3O.CH4/c1-14(2)22-18-8-4-3-7-17(18)21(19(22)23)13-16-9-11-20-10-5-6-15(16)12-20;/h3-4,7-8,14-16H,5-6,9-13H2,1-2H3;1H4. The third-order valence-electron chi connectivity index (χ3n) is 5.83. The van der Waals surface area contributed by atoms with E-state index in [1.807, 2.05) is 21.3 Å². The second-order valence-electron chi connectivity index (χ2n) is 7.60. The largest absolute Gasteiger partial charge is 0.329 e. The molecule has 1 aromatic heterocycles. The molecule has 0 spiro atoms. The fourth-order valence-electron chi connectivity index (χ4n) is 4.65. The smallest absolute Gasteiger partial charge is 0.303 e. The summed E-state index contributed by atoms with van der Waals surface area (Å²) in [6, 6.07) is 8.46. The second kappa shape index (κ2) is 6.75. The predicted octanol–water partition coefficient (Wildman–Crippen LogP) is 3.75. The van der Waals surface area contributed by atoms with Gasteiger partial charge in [0.25, 0.3) is 0 Å². The van der Waals surface area contributed by atoms with Gasteiger partial charge in [-0.3, -0.25) is 9.13 Å². The van der Waals surface area contributed by atoms with E-state index in [-0.39, 0.29) is 19.2 Å². The molecule has 4 nitrogen and oxygen atoms in total. The molecule has 4 rings (SSSR count). The van der Waals surface area contributed by atoms with Crippen molar-refractivity contribution in [3.05, 3.63) is 34.7 Å². The van der Waals surface area contributed by atoms with Crippen LogP contribution in [-0.4, -0.2) is 33.7 Å². The maximum absolute atomic E-state index is 13.0. The molecule has 2 fully saturated rings. The number of nitrogens with zero attached hydrogens (tertiary/aromatic N) is 3. The summed E-state index contributed by atoms with van der Waals surface area (Å²) in [6.07, 6.45) is 3.89. The van der Waals surface area contributed by atoms with Crippen LogP contribution in [0.2, 0.25) is 0 Å². The number of para-hydroxylation sites is 2. The molecule has 132 valence electrons. The van der Waals surface area contributed by atoms with Gasteiger partial charge in [0.05, 0.1) is 11.0 Å². The minimum atomic E-state index is 0. The lowest BCUT2D eigenvalue weighted by molar-refractivity contribution is 0.0657. The monoisotopic (exact) mass is 329 g/mol. The number of aromatic nitrogens is 2. The Morgan fingerprint density at radius 2 is 1.88 bits per heavy atom. The Bertz CT molecular complexity index is 758. The van der Waals surface area contributed by atoms with Crippen molar-refractivity contribution in [2.45, 2.75) is 53.1 Å². The number of piperidine rings is 2. The summed E-state index contributed by atoms with van der Waals surface area (Å²) in [5, 5.41) is 0. The highest BCUT2D eigenvalue weighted by Crippen LogP contribution is 2.33. The fraction of sp³-hybridized carbons (Fsp3) is 0.650. The van der Waals surface area contributed by atoms with Crippen LogP contribution in [-0.2, 0) is 6.54 Å². The van der Waals surface area contributed by atoms with Crippen molar-refractivity contribution >= 4 is 11.0 Å². The topological polar surface area (TPSA) is 30.2 Å². The first-order chi connectivity index (χ1) is 11.1. The van der Waals surface area contributed by atoms with E-state index < -0.39 is 0 Å². The molecular formula is C20H31N3O. The Kier molecular flexibility index (Phi) is 4.86. The highest BCUT2D eigenvalue weighted by atomic mass is 16.1. The van der Waals surface area contributed by atoms with E-state index in [0.29, 0.717) is 5.92 Å². The van der Waals surface area contributed by atoms with Crippen LogP contribution in [0, 0.1) is 11.8 Å². The van der Waals surface area contributed by atoms with E-state index in [1.165, 1.54) is 38.9 Å². The molecule has 0 N–H and O–H groups in total. The molecule has 0 amide bonds. The van der Waals surface area contributed by atoms with Crippen molar-refractivity contribution in [3.8, 4) is 0 Å². The van der Waals surface area contributed by atoms with E-state index in [2.05, 4.69) is 30.9 Å². The van der Waals surface area contributed by atoms with Gasteiger partial charge in [-0.2, -0.15) is 0 Å². The molecule has 2 aromatic rings. The molecule has 2 bridgehead atoms.